The van der Waals surface area contributed by atoms with Gasteiger partial charge in [-0.05, 0) is 39.0 Å². The molecule has 2 heteroatoms. The molecular weight excluding hydrogens is 248 g/mol. The number of esters is 1. The van der Waals surface area contributed by atoms with E-state index in [1.807, 2.05) is 6.92 Å². The Labute approximate surface area is 126 Å². The summed E-state index contributed by atoms with van der Waals surface area (Å²) in [4.78, 5) is 11.1. The van der Waals surface area contributed by atoms with Crippen LogP contribution in [0, 0.1) is 0 Å². The molecule has 0 aromatic rings. The van der Waals surface area contributed by atoms with Crippen molar-refractivity contribution in [3.63, 3.8) is 0 Å². The Hall–Kier alpha value is -0.790. The molecule has 0 aliphatic carbocycles. The molecule has 0 aromatic heterocycles. The molecule has 0 saturated carbocycles. The van der Waals surface area contributed by atoms with Gasteiger partial charge in [-0.3, -0.25) is 4.79 Å². The highest BCUT2D eigenvalue weighted by Crippen LogP contribution is 2.09. The van der Waals surface area contributed by atoms with Crippen molar-refractivity contribution in [2.24, 2.45) is 0 Å². The van der Waals surface area contributed by atoms with Gasteiger partial charge in [0.05, 0.1) is 6.61 Å². The zero-order chi connectivity index (χ0) is 14.9. The summed E-state index contributed by atoms with van der Waals surface area (Å²) in [7, 11) is 0. The van der Waals surface area contributed by atoms with Crippen LogP contribution in [0.4, 0.5) is 0 Å². The highest BCUT2D eigenvalue weighted by atomic mass is 16.5. The van der Waals surface area contributed by atoms with Crippen molar-refractivity contribution < 1.29 is 9.53 Å². The van der Waals surface area contributed by atoms with Crippen molar-refractivity contribution in [1.29, 1.82) is 0 Å². The summed E-state index contributed by atoms with van der Waals surface area (Å²) >= 11 is 0. The van der Waals surface area contributed by atoms with Gasteiger partial charge in [-0.25, -0.2) is 0 Å². The highest BCUT2D eigenvalue weighted by Gasteiger charge is 1.99. The lowest BCUT2D eigenvalue weighted by Gasteiger charge is -2.00. The molecule has 0 radical (unpaired) electrons. The van der Waals surface area contributed by atoms with Gasteiger partial charge >= 0.3 is 5.97 Å². The fourth-order valence-corrected chi connectivity index (χ4v) is 2.22. The van der Waals surface area contributed by atoms with Gasteiger partial charge in [0.1, 0.15) is 0 Å². The molecule has 0 unspecified atom stereocenters. The Morgan fingerprint density at radius 1 is 0.800 bits per heavy atom. The lowest BCUT2D eigenvalue weighted by atomic mass is 10.1. The molecule has 0 N–H and O–H groups in total. The first-order chi connectivity index (χ1) is 9.81. The second-order valence-corrected chi connectivity index (χ2v) is 5.43. The number of hydrogen-bond acceptors (Lipinski definition) is 2. The van der Waals surface area contributed by atoms with Crippen LogP contribution in [0.15, 0.2) is 12.2 Å². The summed E-state index contributed by atoms with van der Waals surface area (Å²) in [6, 6.07) is 0. The van der Waals surface area contributed by atoms with Crippen LogP contribution in [-0.2, 0) is 9.53 Å². The third-order valence-corrected chi connectivity index (χ3v) is 3.45. The van der Waals surface area contributed by atoms with Gasteiger partial charge in [-0.1, -0.05) is 57.6 Å². The van der Waals surface area contributed by atoms with Gasteiger partial charge in [0.2, 0.25) is 0 Å². The molecular formula is C18H34O2. The lowest BCUT2D eigenvalue weighted by Crippen LogP contribution is -2.02. The zero-order valence-electron chi connectivity index (χ0n) is 13.7. The first-order valence-electron chi connectivity index (χ1n) is 8.61. The molecule has 0 saturated heterocycles. The van der Waals surface area contributed by atoms with Crippen LogP contribution in [0.2, 0.25) is 0 Å². The van der Waals surface area contributed by atoms with Gasteiger partial charge in [-0.2, -0.15) is 0 Å². The van der Waals surface area contributed by atoms with E-state index in [0.29, 0.717) is 13.0 Å². The van der Waals surface area contributed by atoms with Crippen molar-refractivity contribution in [2.75, 3.05) is 6.61 Å². The van der Waals surface area contributed by atoms with E-state index in [0.717, 1.165) is 19.3 Å². The molecule has 0 atom stereocenters. The zero-order valence-corrected chi connectivity index (χ0v) is 13.7. The SMILES string of the molecule is CCCCCCCCC/C=C\CCCCC(=O)OCC. The molecule has 0 spiro atoms. The summed E-state index contributed by atoms with van der Waals surface area (Å²) in [6.07, 6.45) is 19.1. The molecule has 20 heavy (non-hydrogen) atoms. The first-order valence-corrected chi connectivity index (χ1v) is 8.61. The average molecular weight is 282 g/mol. The number of carbonyl (C=O) groups excluding carboxylic acids is 1. The van der Waals surface area contributed by atoms with E-state index in [4.69, 9.17) is 4.74 Å². The molecule has 0 rings (SSSR count). The molecule has 0 aromatic carbocycles. The van der Waals surface area contributed by atoms with Crippen molar-refractivity contribution >= 4 is 5.97 Å². The predicted octanol–water partition coefficient (Wildman–Crippen LogP) is 5.81. The largest absolute Gasteiger partial charge is 0.466 e. The number of ether oxygens (including phenoxy) is 1. The maximum Gasteiger partial charge on any atom is 0.305 e. The van der Waals surface area contributed by atoms with Gasteiger partial charge in [0.25, 0.3) is 0 Å². The van der Waals surface area contributed by atoms with Crippen LogP contribution >= 0.6 is 0 Å². The monoisotopic (exact) mass is 282 g/mol. The van der Waals surface area contributed by atoms with E-state index in [9.17, 15) is 4.79 Å². The van der Waals surface area contributed by atoms with Gasteiger partial charge in [0, 0.05) is 6.42 Å². The van der Waals surface area contributed by atoms with Crippen molar-refractivity contribution in [1.82, 2.24) is 0 Å². The molecule has 118 valence electrons. The van der Waals surface area contributed by atoms with E-state index in [-0.39, 0.29) is 5.97 Å². The summed E-state index contributed by atoms with van der Waals surface area (Å²) < 4.78 is 4.89. The molecule has 2 nitrogen and oxygen atoms in total. The highest BCUT2D eigenvalue weighted by molar-refractivity contribution is 5.69. The number of allylic oxidation sites excluding steroid dienone is 2. The second-order valence-electron chi connectivity index (χ2n) is 5.43. The van der Waals surface area contributed by atoms with Crippen molar-refractivity contribution in [3.8, 4) is 0 Å². The van der Waals surface area contributed by atoms with E-state index >= 15 is 0 Å². The van der Waals surface area contributed by atoms with Crippen LogP contribution in [0.3, 0.4) is 0 Å². The summed E-state index contributed by atoms with van der Waals surface area (Å²) in [5.41, 5.74) is 0. The quantitative estimate of drug-likeness (QED) is 0.228. The maximum absolute atomic E-state index is 11.1. The van der Waals surface area contributed by atoms with Crippen LogP contribution < -0.4 is 0 Å². The van der Waals surface area contributed by atoms with Crippen LogP contribution in [0.1, 0.15) is 90.9 Å². The predicted molar refractivity (Wildman–Crippen MR) is 86.9 cm³/mol. The normalized spacial score (nSPS) is 11.1. The molecule has 0 aliphatic heterocycles. The van der Waals surface area contributed by atoms with Crippen LogP contribution in [0.5, 0.6) is 0 Å². The molecule has 0 amide bonds. The van der Waals surface area contributed by atoms with Crippen molar-refractivity contribution in [2.45, 2.75) is 90.9 Å². The van der Waals surface area contributed by atoms with E-state index in [1.54, 1.807) is 0 Å². The van der Waals surface area contributed by atoms with Crippen LogP contribution in [-0.4, -0.2) is 12.6 Å². The number of rotatable bonds is 14. The Bertz CT molecular complexity index is 234. The van der Waals surface area contributed by atoms with E-state index < -0.39 is 0 Å². The summed E-state index contributed by atoms with van der Waals surface area (Å²) in [5.74, 6) is -0.0560. The Morgan fingerprint density at radius 3 is 1.95 bits per heavy atom. The Balaban J connectivity index is 3.14. The third kappa shape index (κ3) is 15.3. The van der Waals surface area contributed by atoms with Crippen LogP contribution in [0.25, 0.3) is 0 Å². The number of carbonyl (C=O) groups is 1. The minimum atomic E-state index is -0.0560. The fourth-order valence-electron chi connectivity index (χ4n) is 2.22. The average Bonchev–Trinajstić information content (AvgIpc) is 2.44. The third-order valence-electron chi connectivity index (χ3n) is 3.45. The molecule has 0 heterocycles. The van der Waals surface area contributed by atoms with E-state index in [1.165, 1.54) is 51.4 Å². The van der Waals surface area contributed by atoms with Crippen molar-refractivity contribution in [3.05, 3.63) is 12.2 Å². The molecule has 0 bridgehead atoms. The lowest BCUT2D eigenvalue weighted by molar-refractivity contribution is -0.143. The standard InChI is InChI=1S/C18H34O2/c1-3-5-6-7-8-9-10-11-12-13-14-15-16-17-18(19)20-4-2/h12-13H,3-11,14-17H2,1-2H3/b13-12-. The second kappa shape index (κ2) is 16.3. The summed E-state index contributed by atoms with van der Waals surface area (Å²) in [6.45, 7) is 4.61. The summed E-state index contributed by atoms with van der Waals surface area (Å²) in [5, 5.41) is 0. The number of unbranched alkanes of at least 4 members (excludes halogenated alkanes) is 9. The minimum Gasteiger partial charge on any atom is -0.466 e. The Kier molecular flexibility index (Phi) is 15.6. The molecule has 0 fully saturated rings. The fraction of sp³-hybridized carbons (Fsp3) is 0.833. The smallest absolute Gasteiger partial charge is 0.305 e. The van der Waals surface area contributed by atoms with Gasteiger partial charge in [0.15, 0.2) is 0 Å². The maximum atomic E-state index is 11.1. The van der Waals surface area contributed by atoms with E-state index in [2.05, 4.69) is 19.1 Å². The molecule has 0 aliphatic rings. The topological polar surface area (TPSA) is 26.3 Å². The Morgan fingerprint density at radius 2 is 1.35 bits per heavy atom. The first kappa shape index (κ1) is 19.2. The van der Waals surface area contributed by atoms with Gasteiger partial charge in [-0.15, -0.1) is 0 Å². The van der Waals surface area contributed by atoms with Gasteiger partial charge < -0.3 is 4.74 Å². The minimum absolute atomic E-state index is 0.0560. The number of hydrogen-bond donors (Lipinski definition) is 0.